The first-order chi connectivity index (χ1) is 6.16. The Hall–Kier alpha value is -1.57. The molecule has 0 bridgehead atoms. The Labute approximate surface area is 76.2 Å². The highest BCUT2D eigenvalue weighted by Gasteiger charge is 1.98. The zero-order valence-electron chi connectivity index (χ0n) is 7.72. The van der Waals surface area contributed by atoms with Crippen LogP contribution in [0.25, 0.3) is 10.8 Å². The van der Waals surface area contributed by atoms with E-state index in [0.717, 1.165) is 22.0 Å². The second-order valence-electron chi connectivity index (χ2n) is 3.37. The molecular weight excluding hydrogens is 162 g/mol. The minimum Gasteiger partial charge on any atom is -0.326 e. The Morgan fingerprint density at radius 1 is 1.15 bits per heavy atom. The standard InChI is InChI=1S/C11H11NO/c1-7-3-4-9-6-8(2)12-11(13)10(9)5-7/h3-6H,1-2H3,(H,12,13). The first kappa shape index (κ1) is 8.05. The van der Waals surface area contributed by atoms with Gasteiger partial charge in [-0.25, -0.2) is 0 Å². The fraction of sp³-hybridized carbons (Fsp3) is 0.182. The summed E-state index contributed by atoms with van der Waals surface area (Å²) in [6, 6.07) is 7.89. The predicted molar refractivity (Wildman–Crippen MR) is 54.0 cm³/mol. The molecule has 1 aromatic heterocycles. The molecule has 0 saturated heterocycles. The fourth-order valence-corrected chi connectivity index (χ4v) is 1.51. The van der Waals surface area contributed by atoms with Crippen LogP contribution in [0.15, 0.2) is 29.1 Å². The third kappa shape index (κ3) is 1.35. The zero-order chi connectivity index (χ0) is 9.42. The Kier molecular flexibility index (Phi) is 1.69. The molecule has 0 fully saturated rings. The second-order valence-corrected chi connectivity index (χ2v) is 3.37. The summed E-state index contributed by atoms with van der Waals surface area (Å²) in [4.78, 5) is 14.3. The van der Waals surface area contributed by atoms with Crippen LogP contribution in [0, 0.1) is 13.8 Å². The quantitative estimate of drug-likeness (QED) is 0.650. The number of aryl methyl sites for hydroxylation is 2. The number of aromatic amines is 1. The van der Waals surface area contributed by atoms with E-state index in [1.54, 1.807) is 0 Å². The summed E-state index contributed by atoms with van der Waals surface area (Å²) in [6.45, 7) is 3.87. The molecule has 2 rings (SSSR count). The van der Waals surface area contributed by atoms with E-state index < -0.39 is 0 Å². The van der Waals surface area contributed by atoms with Crippen LogP contribution in [0.3, 0.4) is 0 Å². The lowest BCUT2D eigenvalue weighted by atomic mass is 10.1. The van der Waals surface area contributed by atoms with E-state index >= 15 is 0 Å². The average molecular weight is 173 g/mol. The summed E-state index contributed by atoms with van der Waals surface area (Å²) < 4.78 is 0. The molecule has 1 N–H and O–H groups in total. The molecule has 0 unspecified atom stereocenters. The molecule has 0 saturated carbocycles. The van der Waals surface area contributed by atoms with Gasteiger partial charge >= 0.3 is 0 Å². The number of H-pyrrole nitrogens is 1. The summed E-state index contributed by atoms with van der Waals surface area (Å²) in [5, 5.41) is 1.78. The van der Waals surface area contributed by atoms with Crippen molar-refractivity contribution >= 4 is 10.8 Å². The molecule has 66 valence electrons. The molecule has 0 amide bonds. The first-order valence-corrected chi connectivity index (χ1v) is 4.27. The van der Waals surface area contributed by atoms with Gasteiger partial charge in [0.2, 0.25) is 0 Å². The summed E-state index contributed by atoms with van der Waals surface area (Å²) >= 11 is 0. The van der Waals surface area contributed by atoms with Gasteiger partial charge in [0.05, 0.1) is 0 Å². The van der Waals surface area contributed by atoms with Crippen molar-refractivity contribution in [2.24, 2.45) is 0 Å². The number of benzene rings is 1. The number of pyridine rings is 1. The molecule has 2 heteroatoms. The minimum atomic E-state index is -0.00120. The molecule has 0 radical (unpaired) electrons. The van der Waals surface area contributed by atoms with Crippen LogP contribution in [0.4, 0.5) is 0 Å². The SMILES string of the molecule is Cc1ccc2cc(C)[nH]c(=O)c2c1. The highest BCUT2D eigenvalue weighted by molar-refractivity contribution is 5.82. The molecule has 2 nitrogen and oxygen atoms in total. The lowest BCUT2D eigenvalue weighted by molar-refractivity contribution is 1.17. The van der Waals surface area contributed by atoms with E-state index in [0.29, 0.717) is 0 Å². The van der Waals surface area contributed by atoms with Gasteiger partial charge in [0.25, 0.3) is 5.56 Å². The van der Waals surface area contributed by atoms with Gasteiger partial charge < -0.3 is 4.98 Å². The third-order valence-electron chi connectivity index (χ3n) is 2.14. The Morgan fingerprint density at radius 3 is 2.69 bits per heavy atom. The number of hydrogen-bond donors (Lipinski definition) is 1. The Balaban J connectivity index is 2.95. The van der Waals surface area contributed by atoms with Crippen LogP contribution in [0.2, 0.25) is 0 Å². The van der Waals surface area contributed by atoms with E-state index in [9.17, 15) is 4.79 Å². The maximum Gasteiger partial charge on any atom is 0.256 e. The summed E-state index contributed by atoms with van der Waals surface area (Å²) in [6.07, 6.45) is 0. The Morgan fingerprint density at radius 2 is 1.92 bits per heavy atom. The minimum absolute atomic E-state index is 0.00120. The fourth-order valence-electron chi connectivity index (χ4n) is 1.51. The lowest BCUT2D eigenvalue weighted by Crippen LogP contribution is -2.07. The van der Waals surface area contributed by atoms with Crippen LogP contribution in [0.5, 0.6) is 0 Å². The molecule has 0 aliphatic carbocycles. The van der Waals surface area contributed by atoms with Crippen molar-refractivity contribution in [3.05, 3.63) is 45.9 Å². The van der Waals surface area contributed by atoms with Crippen molar-refractivity contribution in [2.45, 2.75) is 13.8 Å². The topological polar surface area (TPSA) is 32.9 Å². The van der Waals surface area contributed by atoms with Gasteiger partial charge in [0.15, 0.2) is 0 Å². The van der Waals surface area contributed by atoms with Crippen molar-refractivity contribution in [3.63, 3.8) is 0 Å². The number of hydrogen-bond acceptors (Lipinski definition) is 1. The molecule has 0 atom stereocenters. The van der Waals surface area contributed by atoms with Gasteiger partial charge in [-0.15, -0.1) is 0 Å². The summed E-state index contributed by atoms with van der Waals surface area (Å²) in [5.41, 5.74) is 2.02. The maximum absolute atomic E-state index is 11.5. The monoisotopic (exact) mass is 173 g/mol. The van der Waals surface area contributed by atoms with E-state index in [1.165, 1.54) is 0 Å². The van der Waals surface area contributed by atoms with Crippen molar-refractivity contribution < 1.29 is 0 Å². The highest BCUT2D eigenvalue weighted by Crippen LogP contribution is 2.11. The average Bonchev–Trinajstić information content (AvgIpc) is 2.06. The van der Waals surface area contributed by atoms with Gasteiger partial charge in [-0.3, -0.25) is 4.79 Å². The smallest absolute Gasteiger partial charge is 0.256 e. The van der Waals surface area contributed by atoms with E-state index in [2.05, 4.69) is 4.98 Å². The van der Waals surface area contributed by atoms with Gasteiger partial charge in [0.1, 0.15) is 0 Å². The molecule has 13 heavy (non-hydrogen) atoms. The maximum atomic E-state index is 11.5. The van der Waals surface area contributed by atoms with Crippen LogP contribution < -0.4 is 5.56 Å². The number of rotatable bonds is 0. The van der Waals surface area contributed by atoms with Crippen molar-refractivity contribution in [1.82, 2.24) is 4.98 Å². The normalized spacial score (nSPS) is 10.6. The largest absolute Gasteiger partial charge is 0.326 e. The number of aromatic nitrogens is 1. The van der Waals surface area contributed by atoms with E-state index in [4.69, 9.17) is 0 Å². The van der Waals surface area contributed by atoms with Crippen molar-refractivity contribution in [2.75, 3.05) is 0 Å². The zero-order valence-corrected chi connectivity index (χ0v) is 7.72. The summed E-state index contributed by atoms with van der Waals surface area (Å²) in [7, 11) is 0. The van der Waals surface area contributed by atoms with Crippen LogP contribution >= 0.6 is 0 Å². The number of nitrogens with one attached hydrogen (secondary N) is 1. The molecule has 0 spiro atoms. The second kappa shape index (κ2) is 2.73. The first-order valence-electron chi connectivity index (χ1n) is 4.27. The number of fused-ring (bicyclic) bond motifs is 1. The molecular formula is C11H11NO. The van der Waals surface area contributed by atoms with Gasteiger partial charge in [-0.1, -0.05) is 17.7 Å². The Bertz CT molecular complexity index is 511. The molecule has 2 aromatic rings. The molecule has 0 aliphatic heterocycles. The molecule has 1 aromatic carbocycles. The lowest BCUT2D eigenvalue weighted by Gasteiger charge is -1.99. The van der Waals surface area contributed by atoms with Crippen LogP contribution in [-0.4, -0.2) is 4.98 Å². The van der Waals surface area contributed by atoms with Crippen LogP contribution in [-0.2, 0) is 0 Å². The third-order valence-corrected chi connectivity index (χ3v) is 2.14. The van der Waals surface area contributed by atoms with Crippen molar-refractivity contribution in [3.8, 4) is 0 Å². The van der Waals surface area contributed by atoms with Crippen molar-refractivity contribution in [1.29, 1.82) is 0 Å². The predicted octanol–water partition coefficient (Wildman–Crippen LogP) is 2.14. The summed E-state index contributed by atoms with van der Waals surface area (Å²) in [5.74, 6) is 0. The highest BCUT2D eigenvalue weighted by atomic mass is 16.1. The molecule has 1 heterocycles. The van der Waals surface area contributed by atoms with E-state index in [1.807, 2.05) is 38.1 Å². The van der Waals surface area contributed by atoms with E-state index in [-0.39, 0.29) is 5.56 Å². The van der Waals surface area contributed by atoms with Crippen LogP contribution in [0.1, 0.15) is 11.3 Å². The molecule has 0 aliphatic rings. The van der Waals surface area contributed by atoms with Gasteiger partial charge in [-0.05, 0) is 31.4 Å². The van der Waals surface area contributed by atoms with Gasteiger partial charge in [-0.2, -0.15) is 0 Å². The van der Waals surface area contributed by atoms with Gasteiger partial charge in [0, 0.05) is 11.1 Å².